The summed E-state index contributed by atoms with van der Waals surface area (Å²) in [5.74, 6) is 1.03. The van der Waals surface area contributed by atoms with Crippen molar-refractivity contribution in [2.45, 2.75) is 19.4 Å². The molecule has 0 saturated heterocycles. The number of rotatable bonds is 2. The Labute approximate surface area is 150 Å². The van der Waals surface area contributed by atoms with Crippen LogP contribution in [0.25, 0.3) is 28.2 Å². The quantitative estimate of drug-likeness (QED) is 0.744. The van der Waals surface area contributed by atoms with Crippen LogP contribution in [0.1, 0.15) is 19.4 Å². The van der Waals surface area contributed by atoms with Gasteiger partial charge in [-0.25, -0.2) is 0 Å². The summed E-state index contributed by atoms with van der Waals surface area (Å²) in [5, 5.41) is 10.6. The van der Waals surface area contributed by atoms with Crippen molar-refractivity contribution in [1.29, 1.82) is 0 Å². The van der Waals surface area contributed by atoms with E-state index in [-0.39, 0.29) is 16.6 Å². The molecular formula is C21H18O5. The van der Waals surface area contributed by atoms with E-state index in [4.69, 9.17) is 13.9 Å². The highest BCUT2D eigenvalue weighted by molar-refractivity contribution is 5.95. The fourth-order valence-electron chi connectivity index (χ4n) is 3.10. The second-order valence-corrected chi connectivity index (χ2v) is 6.76. The van der Waals surface area contributed by atoms with Gasteiger partial charge in [-0.15, -0.1) is 0 Å². The molecule has 3 aromatic rings. The predicted molar refractivity (Wildman–Crippen MR) is 99.9 cm³/mol. The third-order valence-electron chi connectivity index (χ3n) is 4.45. The molecular weight excluding hydrogens is 332 g/mol. The average molecular weight is 350 g/mol. The Balaban J connectivity index is 1.94. The Kier molecular flexibility index (Phi) is 3.54. The van der Waals surface area contributed by atoms with Gasteiger partial charge in [0, 0.05) is 6.07 Å². The van der Waals surface area contributed by atoms with E-state index in [1.807, 2.05) is 26.0 Å². The lowest BCUT2D eigenvalue weighted by atomic mass is 9.98. The number of ether oxygens (including phenoxy) is 2. The summed E-state index contributed by atoms with van der Waals surface area (Å²) in [6.07, 6.45) is 5.17. The largest absolute Gasteiger partial charge is 0.507 e. The Morgan fingerprint density at radius 3 is 2.58 bits per heavy atom. The highest BCUT2D eigenvalue weighted by Crippen LogP contribution is 2.40. The van der Waals surface area contributed by atoms with E-state index in [1.54, 1.807) is 31.4 Å². The molecule has 0 fully saturated rings. The Morgan fingerprint density at radius 2 is 1.88 bits per heavy atom. The van der Waals surface area contributed by atoms with Gasteiger partial charge in [-0.3, -0.25) is 4.79 Å². The molecule has 0 radical (unpaired) electrons. The van der Waals surface area contributed by atoms with E-state index in [0.29, 0.717) is 33.8 Å². The monoisotopic (exact) mass is 350 g/mol. The van der Waals surface area contributed by atoms with Gasteiger partial charge in [0.25, 0.3) is 0 Å². The van der Waals surface area contributed by atoms with Gasteiger partial charge in [-0.05, 0) is 43.7 Å². The van der Waals surface area contributed by atoms with Crippen molar-refractivity contribution in [3.05, 3.63) is 58.5 Å². The highest BCUT2D eigenvalue weighted by atomic mass is 16.5. The smallest absolute Gasteiger partial charge is 0.204 e. The second kappa shape index (κ2) is 5.66. The fourth-order valence-corrected chi connectivity index (χ4v) is 3.10. The van der Waals surface area contributed by atoms with Gasteiger partial charge in [0.1, 0.15) is 34.5 Å². The lowest BCUT2D eigenvalue weighted by Crippen LogP contribution is -2.27. The Morgan fingerprint density at radius 1 is 1.15 bits per heavy atom. The minimum absolute atomic E-state index is 0.144. The summed E-state index contributed by atoms with van der Waals surface area (Å²) >= 11 is 0. The molecule has 0 unspecified atom stereocenters. The molecule has 2 aromatic carbocycles. The van der Waals surface area contributed by atoms with E-state index in [0.717, 1.165) is 0 Å². The zero-order valence-corrected chi connectivity index (χ0v) is 14.7. The second-order valence-electron chi connectivity index (χ2n) is 6.76. The molecule has 0 bridgehead atoms. The van der Waals surface area contributed by atoms with Gasteiger partial charge in [0.05, 0.1) is 18.2 Å². The molecule has 5 nitrogen and oxygen atoms in total. The van der Waals surface area contributed by atoms with E-state index >= 15 is 0 Å². The van der Waals surface area contributed by atoms with Crippen LogP contribution < -0.4 is 14.9 Å². The number of benzene rings is 2. The predicted octanol–water partition coefficient (Wildman–Crippen LogP) is 4.36. The molecule has 1 aliphatic rings. The molecule has 0 spiro atoms. The SMILES string of the molecule is COc1ccc(-c2coc3c4c(cc(O)c3c2=O)OC(C)(C)C=C4)cc1. The van der Waals surface area contributed by atoms with Crippen molar-refractivity contribution in [3.63, 3.8) is 0 Å². The number of phenolic OH excluding ortho intramolecular Hbond substituents is 1. The summed E-state index contributed by atoms with van der Waals surface area (Å²) in [4.78, 5) is 13.0. The zero-order chi connectivity index (χ0) is 18.5. The number of methoxy groups -OCH3 is 1. The number of fused-ring (bicyclic) bond motifs is 3. The van der Waals surface area contributed by atoms with Crippen LogP contribution >= 0.6 is 0 Å². The van der Waals surface area contributed by atoms with Crippen LogP contribution in [0.4, 0.5) is 0 Å². The van der Waals surface area contributed by atoms with Crippen LogP contribution in [0.3, 0.4) is 0 Å². The minimum atomic E-state index is -0.490. The van der Waals surface area contributed by atoms with Crippen molar-refractivity contribution in [3.8, 4) is 28.4 Å². The maximum Gasteiger partial charge on any atom is 0.204 e. The molecule has 132 valence electrons. The number of hydrogen-bond acceptors (Lipinski definition) is 5. The van der Waals surface area contributed by atoms with Crippen molar-refractivity contribution in [1.82, 2.24) is 0 Å². The Hall–Kier alpha value is -3.21. The van der Waals surface area contributed by atoms with Gasteiger partial charge in [-0.2, -0.15) is 0 Å². The molecule has 0 atom stereocenters. The summed E-state index contributed by atoms with van der Waals surface area (Å²) in [6.45, 7) is 3.83. The van der Waals surface area contributed by atoms with E-state index in [1.165, 1.54) is 12.3 Å². The topological polar surface area (TPSA) is 68.9 Å². The molecule has 26 heavy (non-hydrogen) atoms. The molecule has 1 N–H and O–H groups in total. The molecule has 0 saturated carbocycles. The maximum atomic E-state index is 13.0. The van der Waals surface area contributed by atoms with Crippen LogP contribution in [0.5, 0.6) is 17.2 Å². The number of aromatic hydroxyl groups is 1. The normalized spacial score (nSPS) is 14.7. The lowest BCUT2D eigenvalue weighted by Gasteiger charge is -2.28. The van der Waals surface area contributed by atoms with Crippen LogP contribution in [-0.2, 0) is 0 Å². The van der Waals surface area contributed by atoms with Gasteiger partial charge < -0.3 is 19.0 Å². The molecule has 1 aromatic heterocycles. The van der Waals surface area contributed by atoms with Crippen molar-refractivity contribution in [2.24, 2.45) is 0 Å². The summed E-state index contributed by atoms with van der Waals surface area (Å²) in [6, 6.07) is 8.56. The van der Waals surface area contributed by atoms with Crippen molar-refractivity contribution >= 4 is 17.0 Å². The van der Waals surface area contributed by atoms with Gasteiger partial charge >= 0.3 is 0 Å². The van der Waals surface area contributed by atoms with E-state index < -0.39 is 5.60 Å². The summed E-state index contributed by atoms with van der Waals surface area (Å²) in [5.41, 5.74) is 1.23. The summed E-state index contributed by atoms with van der Waals surface area (Å²) in [7, 11) is 1.58. The zero-order valence-electron chi connectivity index (χ0n) is 14.7. The van der Waals surface area contributed by atoms with E-state index in [2.05, 4.69) is 0 Å². The first-order chi connectivity index (χ1) is 12.4. The first-order valence-corrected chi connectivity index (χ1v) is 8.24. The number of hydrogen-bond donors (Lipinski definition) is 1. The number of phenols is 1. The molecule has 5 heteroatoms. The molecule has 1 aliphatic heterocycles. The first kappa shape index (κ1) is 16.3. The molecule has 2 heterocycles. The Bertz CT molecular complexity index is 1090. The van der Waals surface area contributed by atoms with Gasteiger partial charge in [0.2, 0.25) is 5.43 Å². The third kappa shape index (κ3) is 2.52. The van der Waals surface area contributed by atoms with Crippen LogP contribution in [0.2, 0.25) is 0 Å². The molecule has 0 amide bonds. The fraction of sp³-hybridized carbons (Fsp3) is 0.190. The van der Waals surface area contributed by atoms with Crippen LogP contribution in [0, 0.1) is 0 Å². The minimum Gasteiger partial charge on any atom is -0.507 e. The lowest BCUT2D eigenvalue weighted by molar-refractivity contribution is 0.158. The first-order valence-electron chi connectivity index (χ1n) is 8.24. The standard InChI is InChI=1S/C21H18O5/c1-21(2)9-8-14-17(26-21)10-16(22)18-19(23)15(11-25-20(14)18)12-4-6-13(24-3)7-5-12/h4-11,22H,1-3H3. The molecule has 4 rings (SSSR count). The van der Waals surface area contributed by atoms with Gasteiger partial charge in [0.15, 0.2) is 5.58 Å². The third-order valence-corrected chi connectivity index (χ3v) is 4.45. The van der Waals surface area contributed by atoms with Crippen LogP contribution in [0.15, 0.2) is 51.9 Å². The maximum absolute atomic E-state index is 13.0. The average Bonchev–Trinajstić information content (AvgIpc) is 2.61. The summed E-state index contributed by atoms with van der Waals surface area (Å²) < 4.78 is 16.8. The van der Waals surface area contributed by atoms with Crippen molar-refractivity contribution in [2.75, 3.05) is 7.11 Å². The van der Waals surface area contributed by atoms with E-state index in [9.17, 15) is 9.90 Å². The highest BCUT2D eigenvalue weighted by Gasteiger charge is 2.26. The van der Waals surface area contributed by atoms with Crippen LogP contribution in [-0.4, -0.2) is 17.8 Å². The molecule has 0 aliphatic carbocycles. The van der Waals surface area contributed by atoms with Crippen molar-refractivity contribution < 1.29 is 19.0 Å². The van der Waals surface area contributed by atoms with Gasteiger partial charge in [-0.1, -0.05) is 12.1 Å².